The highest BCUT2D eigenvalue weighted by Crippen LogP contribution is 2.52. The van der Waals surface area contributed by atoms with Gasteiger partial charge in [0.05, 0.1) is 18.1 Å². The average Bonchev–Trinajstić information content (AvgIpc) is 2.98. The summed E-state index contributed by atoms with van der Waals surface area (Å²) in [6.07, 6.45) is -0.817. The number of rotatable bonds is 4. The molecule has 1 unspecified atom stereocenters. The highest BCUT2D eigenvalue weighted by Gasteiger charge is 2.50. The smallest absolute Gasteiger partial charge is 0.396 e. The van der Waals surface area contributed by atoms with Crippen LogP contribution in [-0.2, 0) is 11.0 Å². The molecule has 1 saturated heterocycles. The van der Waals surface area contributed by atoms with Crippen molar-refractivity contribution >= 4 is 5.91 Å². The summed E-state index contributed by atoms with van der Waals surface area (Å²) in [5.41, 5.74) is 0.781. The van der Waals surface area contributed by atoms with Crippen molar-refractivity contribution in [1.82, 2.24) is 4.90 Å². The highest BCUT2D eigenvalue weighted by atomic mass is 19.4. The molecule has 1 heterocycles. The van der Waals surface area contributed by atoms with E-state index >= 15 is 0 Å². The number of amides is 1. The van der Waals surface area contributed by atoms with Gasteiger partial charge < -0.3 is 10.0 Å². The first kappa shape index (κ1) is 19.2. The summed E-state index contributed by atoms with van der Waals surface area (Å²) in [6, 6.07) is 4.48. The fourth-order valence-electron chi connectivity index (χ4n) is 4.60. The fourth-order valence-corrected chi connectivity index (χ4v) is 4.60. The number of likely N-dealkylation sites (tertiary alicyclic amines) is 1. The number of aliphatic hydroxyl groups is 1. The normalized spacial score (nSPS) is 23.2. The van der Waals surface area contributed by atoms with Gasteiger partial charge in [-0.05, 0) is 55.7 Å². The van der Waals surface area contributed by atoms with Crippen LogP contribution in [0.4, 0.5) is 13.2 Å². The van der Waals surface area contributed by atoms with Gasteiger partial charge in [0.1, 0.15) is 0 Å². The second kappa shape index (κ2) is 6.87. The number of hydrogen-bond acceptors (Lipinski definition) is 2. The van der Waals surface area contributed by atoms with Crippen molar-refractivity contribution in [3.8, 4) is 0 Å². The van der Waals surface area contributed by atoms with Crippen LogP contribution >= 0.6 is 0 Å². The Hall–Kier alpha value is -1.56. The summed E-state index contributed by atoms with van der Waals surface area (Å²) in [4.78, 5) is 14.1. The minimum Gasteiger partial charge on any atom is -0.396 e. The Bertz CT molecular complexity index is 676. The van der Waals surface area contributed by atoms with Crippen molar-refractivity contribution in [3.63, 3.8) is 0 Å². The van der Waals surface area contributed by atoms with E-state index in [2.05, 4.69) is 0 Å². The lowest BCUT2D eigenvalue weighted by molar-refractivity contribution is -0.149. The number of alkyl halides is 3. The van der Waals surface area contributed by atoms with Gasteiger partial charge in [-0.25, -0.2) is 0 Å². The number of aryl methyl sites for hydroxylation is 1. The lowest BCUT2D eigenvalue weighted by Crippen LogP contribution is -2.58. The molecular weight excluding hydrogens is 343 g/mol. The molecule has 2 atom stereocenters. The zero-order valence-corrected chi connectivity index (χ0v) is 15.3. The molecule has 2 aliphatic rings. The van der Waals surface area contributed by atoms with Crippen molar-refractivity contribution < 1.29 is 23.1 Å². The third-order valence-electron chi connectivity index (χ3n) is 6.16. The summed E-state index contributed by atoms with van der Waals surface area (Å²) in [5, 5.41) is 9.29. The maximum atomic E-state index is 12.9. The van der Waals surface area contributed by atoms with Gasteiger partial charge in [-0.3, -0.25) is 4.79 Å². The number of hydrogen-bond donors (Lipinski definition) is 1. The predicted octanol–water partition coefficient (Wildman–Crippen LogP) is 4.13. The lowest BCUT2D eigenvalue weighted by Gasteiger charge is -2.49. The predicted molar refractivity (Wildman–Crippen MR) is 92.7 cm³/mol. The van der Waals surface area contributed by atoms with Crippen molar-refractivity contribution in [2.24, 2.45) is 11.3 Å². The summed E-state index contributed by atoms with van der Waals surface area (Å²) in [5.74, 6) is -0.0374. The lowest BCUT2D eigenvalue weighted by atomic mass is 9.76. The summed E-state index contributed by atoms with van der Waals surface area (Å²) < 4.78 is 38.8. The number of halogens is 3. The molecule has 3 rings (SSSR count). The number of nitrogens with zero attached hydrogens (tertiary/aromatic N) is 1. The van der Waals surface area contributed by atoms with Crippen LogP contribution in [0.1, 0.15) is 55.2 Å². The minimum atomic E-state index is -4.31. The Morgan fingerprint density at radius 2 is 2.08 bits per heavy atom. The molecule has 1 saturated carbocycles. The monoisotopic (exact) mass is 369 g/mol. The number of carbonyl (C=O) groups is 1. The van der Waals surface area contributed by atoms with Crippen LogP contribution in [0, 0.1) is 18.3 Å². The molecule has 2 fully saturated rings. The molecule has 0 aromatic heterocycles. The summed E-state index contributed by atoms with van der Waals surface area (Å²) in [7, 11) is 0. The van der Waals surface area contributed by atoms with E-state index in [1.165, 1.54) is 13.0 Å². The number of benzene rings is 1. The largest absolute Gasteiger partial charge is 0.416 e. The molecule has 1 N–H and O–H groups in total. The molecule has 6 heteroatoms. The molecule has 3 nitrogen and oxygen atoms in total. The maximum absolute atomic E-state index is 12.9. The van der Waals surface area contributed by atoms with Crippen LogP contribution in [0.2, 0.25) is 0 Å². The van der Waals surface area contributed by atoms with E-state index in [4.69, 9.17) is 0 Å². The quantitative estimate of drug-likeness (QED) is 0.867. The molecule has 1 aliphatic heterocycles. The molecule has 1 aromatic carbocycles. The van der Waals surface area contributed by atoms with Crippen molar-refractivity contribution in [1.29, 1.82) is 0 Å². The van der Waals surface area contributed by atoms with Crippen molar-refractivity contribution in [3.05, 3.63) is 34.9 Å². The third-order valence-corrected chi connectivity index (χ3v) is 6.16. The molecule has 0 bridgehead atoms. The van der Waals surface area contributed by atoms with Gasteiger partial charge in [0.25, 0.3) is 0 Å². The van der Waals surface area contributed by atoms with E-state index < -0.39 is 11.7 Å². The Morgan fingerprint density at radius 3 is 2.62 bits per heavy atom. The van der Waals surface area contributed by atoms with E-state index in [0.717, 1.165) is 24.8 Å². The summed E-state index contributed by atoms with van der Waals surface area (Å²) in [6.45, 7) is 4.71. The average molecular weight is 369 g/mol. The zero-order valence-electron chi connectivity index (χ0n) is 15.3. The second-order valence-electron chi connectivity index (χ2n) is 7.99. The van der Waals surface area contributed by atoms with E-state index in [1.807, 2.05) is 11.8 Å². The van der Waals surface area contributed by atoms with E-state index in [-0.39, 0.29) is 35.3 Å². The van der Waals surface area contributed by atoms with Crippen LogP contribution in [0.15, 0.2) is 18.2 Å². The van der Waals surface area contributed by atoms with E-state index in [1.54, 1.807) is 12.1 Å². The molecule has 1 aromatic rings. The Labute approximate surface area is 152 Å². The molecule has 0 radical (unpaired) electrons. The SMILES string of the molecule is CC[C@H](CO)C(=O)N1CC2(CCC(c3ccc(C(F)(F)F)c(C)c3)C2)C1. The van der Waals surface area contributed by atoms with Gasteiger partial charge in [0, 0.05) is 18.5 Å². The standard InChI is InChI=1S/C20H26F3NO2/c1-3-14(10-25)18(26)24-11-19(12-24)7-6-16(9-19)15-4-5-17(13(2)8-15)20(21,22)23/h4-5,8,14,16,25H,3,6-7,9-12H2,1-2H3/t14-,16?/m1/s1. The molecule has 26 heavy (non-hydrogen) atoms. The Kier molecular flexibility index (Phi) is 5.08. The first-order chi connectivity index (χ1) is 12.2. The van der Waals surface area contributed by atoms with Gasteiger partial charge in [-0.15, -0.1) is 0 Å². The summed E-state index contributed by atoms with van der Waals surface area (Å²) >= 11 is 0. The Morgan fingerprint density at radius 1 is 1.38 bits per heavy atom. The second-order valence-corrected chi connectivity index (χ2v) is 7.99. The topological polar surface area (TPSA) is 40.5 Å². The van der Waals surface area contributed by atoms with E-state index in [9.17, 15) is 23.1 Å². The maximum Gasteiger partial charge on any atom is 0.416 e. The third kappa shape index (κ3) is 3.48. The Balaban J connectivity index is 1.64. The fraction of sp³-hybridized carbons (Fsp3) is 0.650. The van der Waals surface area contributed by atoms with Gasteiger partial charge in [0.15, 0.2) is 0 Å². The van der Waals surface area contributed by atoms with Crippen molar-refractivity contribution in [2.75, 3.05) is 19.7 Å². The first-order valence-corrected chi connectivity index (χ1v) is 9.26. The van der Waals surface area contributed by atoms with Crippen LogP contribution in [-0.4, -0.2) is 35.6 Å². The number of carbonyl (C=O) groups excluding carboxylic acids is 1. The molecule has 144 valence electrons. The van der Waals surface area contributed by atoms with Crippen LogP contribution in [0.5, 0.6) is 0 Å². The van der Waals surface area contributed by atoms with Gasteiger partial charge in [-0.1, -0.05) is 19.1 Å². The molecular formula is C20H26F3NO2. The zero-order chi connectivity index (χ0) is 19.1. The highest BCUT2D eigenvalue weighted by molar-refractivity contribution is 5.80. The van der Waals surface area contributed by atoms with Gasteiger partial charge >= 0.3 is 6.18 Å². The number of aliphatic hydroxyl groups excluding tert-OH is 1. The van der Waals surface area contributed by atoms with E-state index in [0.29, 0.717) is 19.5 Å². The first-order valence-electron chi connectivity index (χ1n) is 9.26. The molecule has 1 amide bonds. The van der Waals surface area contributed by atoms with Crippen LogP contribution < -0.4 is 0 Å². The molecule has 1 spiro atoms. The minimum absolute atomic E-state index is 0.0226. The van der Waals surface area contributed by atoms with Crippen molar-refractivity contribution in [2.45, 2.75) is 51.6 Å². The van der Waals surface area contributed by atoms with Gasteiger partial charge in [-0.2, -0.15) is 13.2 Å². The van der Waals surface area contributed by atoms with Crippen LogP contribution in [0.3, 0.4) is 0 Å². The van der Waals surface area contributed by atoms with Gasteiger partial charge in [0.2, 0.25) is 5.91 Å². The molecule has 1 aliphatic carbocycles. The van der Waals surface area contributed by atoms with Crippen LogP contribution in [0.25, 0.3) is 0 Å².